The van der Waals surface area contributed by atoms with Crippen molar-refractivity contribution in [2.45, 2.75) is 39.7 Å². The van der Waals surface area contributed by atoms with Crippen LogP contribution in [0.5, 0.6) is 11.5 Å². The Morgan fingerprint density at radius 3 is 2.70 bits per heavy atom. The third-order valence-electron chi connectivity index (χ3n) is 4.09. The zero-order valence-corrected chi connectivity index (χ0v) is 14.4. The molecule has 2 atom stereocenters. The summed E-state index contributed by atoms with van der Waals surface area (Å²) < 4.78 is 11.2. The quantitative estimate of drug-likeness (QED) is 0.811. The van der Waals surface area contributed by atoms with E-state index in [1.54, 1.807) is 0 Å². The number of nitrogens with one attached hydrogen (secondary N) is 2. The minimum atomic E-state index is -0.0562. The first-order chi connectivity index (χ1) is 11.2. The van der Waals surface area contributed by atoms with E-state index < -0.39 is 0 Å². The normalized spacial score (nSPS) is 19.0. The smallest absolute Gasteiger partial charge is 0.224 e. The fourth-order valence-electron chi connectivity index (χ4n) is 2.83. The van der Waals surface area contributed by atoms with Gasteiger partial charge in [-0.1, -0.05) is 6.07 Å². The molecule has 2 N–H and O–H groups in total. The van der Waals surface area contributed by atoms with Gasteiger partial charge in [-0.15, -0.1) is 0 Å². The number of piperidine rings is 1. The van der Waals surface area contributed by atoms with Crippen LogP contribution < -0.4 is 20.1 Å². The first-order valence-corrected chi connectivity index (χ1v) is 8.56. The van der Waals surface area contributed by atoms with Crippen molar-refractivity contribution in [1.29, 1.82) is 0 Å². The Morgan fingerprint density at radius 1 is 1.30 bits per heavy atom. The molecule has 1 heterocycles. The summed E-state index contributed by atoms with van der Waals surface area (Å²) in [5.41, 5.74) is 1.02. The van der Waals surface area contributed by atoms with E-state index in [-0.39, 0.29) is 17.9 Å². The van der Waals surface area contributed by atoms with Crippen molar-refractivity contribution in [1.82, 2.24) is 10.6 Å². The summed E-state index contributed by atoms with van der Waals surface area (Å²) in [6.07, 6.45) is 2.02. The van der Waals surface area contributed by atoms with Crippen LogP contribution >= 0.6 is 0 Å². The average Bonchev–Trinajstić information content (AvgIpc) is 2.57. The van der Waals surface area contributed by atoms with Crippen molar-refractivity contribution in [3.63, 3.8) is 0 Å². The molecular weight excluding hydrogens is 292 g/mol. The number of benzene rings is 1. The molecule has 1 aliphatic rings. The van der Waals surface area contributed by atoms with Crippen LogP contribution in [-0.2, 0) is 4.79 Å². The van der Waals surface area contributed by atoms with Crippen molar-refractivity contribution in [2.75, 3.05) is 26.3 Å². The van der Waals surface area contributed by atoms with Gasteiger partial charge in [0, 0.05) is 6.54 Å². The standard InChI is InChI=1S/C18H28N2O3/c1-4-22-16-9-8-14(11-17(16)23-5-2)13(3)20-18(21)15-7-6-10-19-12-15/h8-9,11,13,15,19H,4-7,10,12H2,1-3H3,(H,20,21). The highest BCUT2D eigenvalue weighted by atomic mass is 16.5. The molecule has 128 valence electrons. The van der Waals surface area contributed by atoms with Gasteiger partial charge in [0.1, 0.15) is 0 Å². The van der Waals surface area contributed by atoms with Crippen LogP contribution in [0.2, 0.25) is 0 Å². The molecule has 2 unspecified atom stereocenters. The van der Waals surface area contributed by atoms with E-state index in [9.17, 15) is 4.79 Å². The number of ether oxygens (including phenoxy) is 2. The van der Waals surface area contributed by atoms with Gasteiger partial charge in [0.2, 0.25) is 5.91 Å². The molecule has 0 spiro atoms. The third kappa shape index (κ3) is 4.86. The van der Waals surface area contributed by atoms with Crippen LogP contribution in [0.1, 0.15) is 45.2 Å². The molecule has 1 saturated heterocycles. The van der Waals surface area contributed by atoms with E-state index in [0.717, 1.165) is 43.0 Å². The fourth-order valence-corrected chi connectivity index (χ4v) is 2.83. The van der Waals surface area contributed by atoms with Gasteiger partial charge in [-0.05, 0) is 57.9 Å². The Bertz CT molecular complexity index is 513. The molecule has 23 heavy (non-hydrogen) atoms. The van der Waals surface area contributed by atoms with Gasteiger partial charge in [-0.2, -0.15) is 0 Å². The summed E-state index contributed by atoms with van der Waals surface area (Å²) in [5.74, 6) is 1.66. The number of carbonyl (C=O) groups is 1. The molecule has 0 bridgehead atoms. The zero-order chi connectivity index (χ0) is 16.7. The first kappa shape index (κ1) is 17.6. The van der Waals surface area contributed by atoms with Crippen LogP contribution in [0.15, 0.2) is 18.2 Å². The number of carbonyl (C=O) groups excluding carboxylic acids is 1. The molecule has 0 aliphatic carbocycles. The van der Waals surface area contributed by atoms with Crippen LogP contribution in [0.4, 0.5) is 0 Å². The molecule has 1 aromatic carbocycles. The molecule has 0 saturated carbocycles. The summed E-state index contributed by atoms with van der Waals surface area (Å²) >= 11 is 0. The van der Waals surface area contributed by atoms with E-state index in [4.69, 9.17) is 9.47 Å². The van der Waals surface area contributed by atoms with Crippen molar-refractivity contribution >= 4 is 5.91 Å². The van der Waals surface area contributed by atoms with Crippen LogP contribution in [-0.4, -0.2) is 32.2 Å². The molecular formula is C18H28N2O3. The second kappa shape index (κ2) is 8.77. The van der Waals surface area contributed by atoms with Crippen LogP contribution in [0.25, 0.3) is 0 Å². The Balaban J connectivity index is 2.04. The van der Waals surface area contributed by atoms with Gasteiger partial charge in [0.15, 0.2) is 11.5 Å². The SMILES string of the molecule is CCOc1ccc(C(C)NC(=O)C2CCCNC2)cc1OCC. The zero-order valence-electron chi connectivity index (χ0n) is 14.4. The third-order valence-corrected chi connectivity index (χ3v) is 4.09. The minimum Gasteiger partial charge on any atom is -0.490 e. The highest BCUT2D eigenvalue weighted by Crippen LogP contribution is 2.30. The number of hydrogen-bond donors (Lipinski definition) is 2. The lowest BCUT2D eigenvalue weighted by Gasteiger charge is -2.24. The van der Waals surface area contributed by atoms with E-state index in [0.29, 0.717) is 13.2 Å². The fraction of sp³-hybridized carbons (Fsp3) is 0.611. The summed E-state index contributed by atoms with van der Waals surface area (Å²) in [6, 6.07) is 5.80. The Morgan fingerprint density at radius 2 is 2.04 bits per heavy atom. The van der Waals surface area contributed by atoms with Gasteiger partial charge in [-0.25, -0.2) is 0 Å². The summed E-state index contributed by atoms with van der Waals surface area (Å²) in [6.45, 7) is 8.86. The molecule has 1 amide bonds. The van der Waals surface area contributed by atoms with E-state index in [1.165, 1.54) is 0 Å². The van der Waals surface area contributed by atoms with E-state index in [1.807, 2.05) is 39.0 Å². The molecule has 0 aromatic heterocycles. The lowest BCUT2D eigenvalue weighted by atomic mass is 9.98. The van der Waals surface area contributed by atoms with Crippen molar-refractivity contribution in [3.05, 3.63) is 23.8 Å². The summed E-state index contributed by atoms with van der Waals surface area (Å²) in [4.78, 5) is 12.4. The van der Waals surface area contributed by atoms with Crippen molar-refractivity contribution in [2.24, 2.45) is 5.92 Å². The van der Waals surface area contributed by atoms with Gasteiger partial charge < -0.3 is 20.1 Å². The number of rotatable bonds is 7. The first-order valence-electron chi connectivity index (χ1n) is 8.56. The Hall–Kier alpha value is -1.75. The largest absolute Gasteiger partial charge is 0.490 e. The second-order valence-corrected chi connectivity index (χ2v) is 5.85. The second-order valence-electron chi connectivity index (χ2n) is 5.85. The van der Waals surface area contributed by atoms with Crippen molar-refractivity contribution < 1.29 is 14.3 Å². The summed E-state index contributed by atoms with van der Waals surface area (Å²) in [5, 5.41) is 6.39. The highest BCUT2D eigenvalue weighted by molar-refractivity contribution is 5.79. The summed E-state index contributed by atoms with van der Waals surface area (Å²) in [7, 11) is 0. The van der Waals surface area contributed by atoms with E-state index in [2.05, 4.69) is 10.6 Å². The predicted octanol–water partition coefficient (Wildman–Crippen LogP) is 2.66. The van der Waals surface area contributed by atoms with Crippen molar-refractivity contribution in [3.8, 4) is 11.5 Å². The molecule has 5 heteroatoms. The number of amides is 1. The minimum absolute atomic E-state index is 0.0562. The van der Waals surface area contributed by atoms with Gasteiger partial charge in [0.25, 0.3) is 0 Å². The highest BCUT2D eigenvalue weighted by Gasteiger charge is 2.22. The monoisotopic (exact) mass is 320 g/mol. The maximum atomic E-state index is 12.4. The van der Waals surface area contributed by atoms with E-state index >= 15 is 0 Å². The molecule has 1 aromatic rings. The van der Waals surface area contributed by atoms with Crippen LogP contribution in [0, 0.1) is 5.92 Å². The lowest BCUT2D eigenvalue weighted by molar-refractivity contribution is -0.126. The van der Waals surface area contributed by atoms with Crippen LogP contribution in [0.3, 0.4) is 0 Å². The maximum Gasteiger partial charge on any atom is 0.224 e. The molecule has 5 nitrogen and oxygen atoms in total. The topological polar surface area (TPSA) is 59.6 Å². The maximum absolute atomic E-state index is 12.4. The lowest BCUT2D eigenvalue weighted by Crippen LogP contribution is -2.41. The Labute approximate surface area is 138 Å². The average molecular weight is 320 g/mol. The molecule has 2 rings (SSSR count). The number of hydrogen-bond acceptors (Lipinski definition) is 4. The predicted molar refractivity (Wildman–Crippen MR) is 90.9 cm³/mol. The molecule has 0 radical (unpaired) electrons. The Kier molecular flexibility index (Phi) is 6.71. The van der Waals surface area contributed by atoms with Gasteiger partial charge >= 0.3 is 0 Å². The molecule has 1 aliphatic heterocycles. The molecule has 1 fully saturated rings. The van der Waals surface area contributed by atoms with Gasteiger partial charge in [0.05, 0.1) is 25.2 Å². The van der Waals surface area contributed by atoms with Gasteiger partial charge in [-0.3, -0.25) is 4.79 Å².